The lowest BCUT2D eigenvalue weighted by Crippen LogP contribution is -2.19. The van der Waals surface area contributed by atoms with Crippen LogP contribution in [-0.2, 0) is 10.2 Å². The van der Waals surface area contributed by atoms with E-state index in [1.165, 1.54) is 37.7 Å². The molecule has 2 aliphatic rings. The van der Waals surface area contributed by atoms with E-state index in [0.717, 1.165) is 18.4 Å². The molecule has 1 N–H and O–H groups in total. The van der Waals surface area contributed by atoms with Gasteiger partial charge in [0.1, 0.15) is 0 Å². The van der Waals surface area contributed by atoms with Crippen LogP contribution in [0.25, 0.3) is 0 Å². The minimum Gasteiger partial charge on any atom is -0.481 e. The van der Waals surface area contributed by atoms with Gasteiger partial charge < -0.3 is 5.11 Å². The smallest absolute Gasteiger partial charge is 0.314 e. The van der Waals surface area contributed by atoms with Gasteiger partial charge in [-0.3, -0.25) is 4.79 Å². The Labute approximate surface area is 108 Å². The van der Waals surface area contributed by atoms with Gasteiger partial charge in [-0.05, 0) is 42.7 Å². The second-order valence-electron chi connectivity index (χ2n) is 5.85. The largest absolute Gasteiger partial charge is 0.481 e. The maximum absolute atomic E-state index is 11.4. The topological polar surface area (TPSA) is 37.3 Å². The number of rotatable bonds is 3. The number of carboxylic acid groups (broad SMARTS) is 1. The van der Waals surface area contributed by atoms with Crippen LogP contribution in [-0.4, -0.2) is 11.1 Å². The standard InChI is InChI=1S/C16H20O2/c17-15(18)16(9-10-16)14-8-4-7-13(11-14)12-5-2-1-3-6-12/h4,7-8,11-12H,1-3,5-6,9-10H2,(H,17,18). The van der Waals surface area contributed by atoms with Crippen molar-refractivity contribution in [2.24, 2.45) is 0 Å². The highest BCUT2D eigenvalue weighted by atomic mass is 16.4. The predicted molar refractivity (Wildman–Crippen MR) is 70.8 cm³/mol. The normalized spacial score (nSPS) is 22.7. The Morgan fingerprint density at radius 2 is 1.89 bits per heavy atom. The van der Waals surface area contributed by atoms with E-state index in [0.29, 0.717) is 5.92 Å². The molecule has 1 aromatic rings. The third kappa shape index (κ3) is 1.94. The first-order chi connectivity index (χ1) is 8.72. The molecule has 0 heterocycles. The molecule has 2 heteroatoms. The number of carboxylic acids is 1. The quantitative estimate of drug-likeness (QED) is 0.876. The van der Waals surface area contributed by atoms with Crippen LogP contribution in [0.3, 0.4) is 0 Å². The van der Waals surface area contributed by atoms with Crippen molar-refractivity contribution in [3.63, 3.8) is 0 Å². The molecule has 96 valence electrons. The van der Waals surface area contributed by atoms with Crippen LogP contribution in [0.5, 0.6) is 0 Å². The van der Waals surface area contributed by atoms with E-state index in [9.17, 15) is 9.90 Å². The Kier molecular flexibility index (Phi) is 2.89. The molecule has 2 fully saturated rings. The third-order valence-corrected chi connectivity index (χ3v) is 4.68. The summed E-state index contributed by atoms with van der Waals surface area (Å²) in [6, 6.07) is 8.38. The van der Waals surface area contributed by atoms with Gasteiger partial charge in [0, 0.05) is 0 Å². The van der Waals surface area contributed by atoms with Gasteiger partial charge in [-0.15, -0.1) is 0 Å². The summed E-state index contributed by atoms with van der Waals surface area (Å²) in [7, 11) is 0. The van der Waals surface area contributed by atoms with E-state index < -0.39 is 11.4 Å². The molecule has 0 saturated heterocycles. The van der Waals surface area contributed by atoms with Gasteiger partial charge in [0.25, 0.3) is 0 Å². The van der Waals surface area contributed by atoms with E-state index >= 15 is 0 Å². The van der Waals surface area contributed by atoms with E-state index in [2.05, 4.69) is 12.1 Å². The second kappa shape index (κ2) is 4.42. The molecule has 0 unspecified atom stereocenters. The van der Waals surface area contributed by atoms with Crippen LogP contribution in [0.1, 0.15) is 62.0 Å². The zero-order valence-corrected chi connectivity index (χ0v) is 10.7. The van der Waals surface area contributed by atoms with Crippen molar-refractivity contribution in [3.8, 4) is 0 Å². The average molecular weight is 244 g/mol. The van der Waals surface area contributed by atoms with Crippen molar-refractivity contribution in [2.75, 3.05) is 0 Å². The number of hydrogen-bond acceptors (Lipinski definition) is 1. The molecule has 1 aromatic carbocycles. The van der Waals surface area contributed by atoms with Gasteiger partial charge in [0.15, 0.2) is 0 Å². The zero-order valence-electron chi connectivity index (χ0n) is 10.7. The molecule has 2 nitrogen and oxygen atoms in total. The monoisotopic (exact) mass is 244 g/mol. The molecule has 0 bridgehead atoms. The highest BCUT2D eigenvalue weighted by Crippen LogP contribution is 2.49. The van der Waals surface area contributed by atoms with Crippen molar-refractivity contribution in [3.05, 3.63) is 35.4 Å². The van der Waals surface area contributed by atoms with Crippen molar-refractivity contribution in [1.82, 2.24) is 0 Å². The van der Waals surface area contributed by atoms with Gasteiger partial charge in [0.05, 0.1) is 5.41 Å². The number of hydrogen-bond donors (Lipinski definition) is 1. The molecular formula is C16H20O2. The average Bonchev–Trinajstić information content (AvgIpc) is 3.21. The summed E-state index contributed by atoms with van der Waals surface area (Å²) in [5.74, 6) is 0.00610. The predicted octanol–water partition coefficient (Wildman–Crippen LogP) is 3.85. The summed E-state index contributed by atoms with van der Waals surface area (Å²) in [5, 5.41) is 9.36. The summed E-state index contributed by atoms with van der Waals surface area (Å²) < 4.78 is 0. The van der Waals surface area contributed by atoms with Crippen LogP contribution in [0, 0.1) is 0 Å². The SMILES string of the molecule is O=C(O)C1(c2cccc(C3CCCCC3)c2)CC1. The summed E-state index contributed by atoms with van der Waals surface area (Å²) >= 11 is 0. The van der Waals surface area contributed by atoms with Gasteiger partial charge in [0.2, 0.25) is 0 Å². The lowest BCUT2D eigenvalue weighted by atomic mass is 9.82. The molecule has 0 amide bonds. The Morgan fingerprint density at radius 3 is 2.50 bits per heavy atom. The van der Waals surface area contributed by atoms with Crippen molar-refractivity contribution >= 4 is 5.97 Å². The fraction of sp³-hybridized carbons (Fsp3) is 0.562. The Hall–Kier alpha value is -1.31. The fourth-order valence-corrected chi connectivity index (χ4v) is 3.28. The Balaban J connectivity index is 1.87. The summed E-state index contributed by atoms with van der Waals surface area (Å²) in [4.78, 5) is 11.4. The number of aliphatic carboxylic acids is 1. The molecule has 0 spiro atoms. The summed E-state index contributed by atoms with van der Waals surface area (Å²) in [5.41, 5.74) is 1.84. The minimum atomic E-state index is -0.650. The lowest BCUT2D eigenvalue weighted by Gasteiger charge is -2.23. The van der Waals surface area contributed by atoms with Crippen molar-refractivity contribution < 1.29 is 9.90 Å². The van der Waals surface area contributed by atoms with Gasteiger partial charge in [-0.25, -0.2) is 0 Å². The summed E-state index contributed by atoms with van der Waals surface area (Å²) in [6.07, 6.45) is 8.13. The molecule has 2 saturated carbocycles. The number of carbonyl (C=O) groups is 1. The number of benzene rings is 1. The first-order valence-corrected chi connectivity index (χ1v) is 7.06. The van der Waals surface area contributed by atoms with Gasteiger partial charge in [-0.2, -0.15) is 0 Å². The van der Waals surface area contributed by atoms with Crippen molar-refractivity contribution in [1.29, 1.82) is 0 Å². The first-order valence-electron chi connectivity index (χ1n) is 7.06. The van der Waals surface area contributed by atoms with Crippen LogP contribution in [0.4, 0.5) is 0 Å². The van der Waals surface area contributed by atoms with Gasteiger partial charge >= 0.3 is 5.97 Å². The van der Waals surface area contributed by atoms with E-state index in [1.807, 2.05) is 12.1 Å². The molecule has 0 atom stereocenters. The maximum Gasteiger partial charge on any atom is 0.314 e. The second-order valence-corrected chi connectivity index (χ2v) is 5.85. The lowest BCUT2D eigenvalue weighted by molar-refractivity contribution is -0.140. The third-order valence-electron chi connectivity index (χ3n) is 4.68. The van der Waals surface area contributed by atoms with Crippen molar-refractivity contribution in [2.45, 2.75) is 56.3 Å². The van der Waals surface area contributed by atoms with Crippen LogP contribution in [0.2, 0.25) is 0 Å². The molecule has 2 aliphatic carbocycles. The zero-order chi connectivity index (χ0) is 12.6. The fourth-order valence-electron chi connectivity index (χ4n) is 3.28. The van der Waals surface area contributed by atoms with Gasteiger partial charge in [-0.1, -0.05) is 43.5 Å². The highest BCUT2D eigenvalue weighted by molar-refractivity contribution is 5.84. The molecule has 18 heavy (non-hydrogen) atoms. The molecule has 0 radical (unpaired) electrons. The highest BCUT2D eigenvalue weighted by Gasteiger charge is 2.51. The minimum absolute atomic E-state index is 0.551. The molecule has 0 aromatic heterocycles. The van der Waals surface area contributed by atoms with E-state index in [4.69, 9.17) is 0 Å². The van der Waals surface area contributed by atoms with Crippen LogP contribution < -0.4 is 0 Å². The maximum atomic E-state index is 11.4. The molecule has 3 rings (SSSR count). The Morgan fingerprint density at radius 1 is 1.17 bits per heavy atom. The van der Waals surface area contributed by atoms with Crippen LogP contribution >= 0.6 is 0 Å². The Bertz CT molecular complexity index is 454. The van der Waals surface area contributed by atoms with E-state index in [-0.39, 0.29) is 0 Å². The molecular weight excluding hydrogens is 224 g/mol. The first kappa shape index (κ1) is 11.8. The van der Waals surface area contributed by atoms with E-state index in [1.54, 1.807) is 0 Å². The van der Waals surface area contributed by atoms with Crippen LogP contribution in [0.15, 0.2) is 24.3 Å². The molecule has 0 aliphatic heterocycles. The summed E-state index contributed by atoms with van der Waals surface area (Å²) in [6.45, 7) is 0.